The first-order chi connectivity index (χ1) is 17.6. The molecular formula is C31H45N3O2. The molecule has 2 fully saturated rings. The number of hydrogen-bond donors (Lipinski definition) is 0. The summed E-state index contributed by atoms with van der Waals surface area (Å²) in [5.41, 5.74) is 4.36. The predicted molar refractivity (Wildman–Crippen MR) is 149 cm³/mol. The number of nitrogens with zero attached hydrogens (tertiary/aromatic N) is 3. The molecule has 3 aliphatic rings. The highest BCUT2D eigenvalue weighted by atomic mass is 16.5. The lowest BCUT2D eigenvalue weighted by Crippen LogP contribution is -2.51. The first kappa shape index (κ1) is 25.6. The molecule has 3 unspecified atom stereocenters. The Hall–Kier alpha value is -2.08. The molecule has 1 aliphatic carbocycles. The van der Waals surface area contributed by atoms with E-state index < -0.39 is 0 Å². The molecule has 196 valence electrons. The van der Waals surface area contributed by atoms with E-state index in [1.165, 1.54) is 49.0 Å². The lowest BCUT2D eigenvalue weighted by molar-refractivity contribution is 0.00151. The van der Waals surface area contributed by atoms with E-state index in [0.717, 1.165) is 45.8 Å². The van der Waals surface area contributed by atoms with Crippen LogP contribution in [0.25, 0.3) is 0 Å². The Kier molecular flexibility index (Phi) is 8.19. The van der Waals surface area contributed by atoms with Crippen molar-refractivity contribution in [1.82, 2.24) is 4.90 Å². The zero-order chi connectivity index (χ0) is 25.0. The number of ether oxygens (including phenoxy) is 2. The van der Waals surface area contributed by atoms with Crippen molar-refractivity contribution in [1.29, 1.82) is 0 Å². The Balaban J connectivity index is 1.39. The van der Waals surface area contributed by atoms with Gasteiger partial charge in [0.05, 0.1) is 42.8 Å². The molecule has 3 atom stereocenters. The van der Waals surface area contributed by atoms with Gasteiger partial charge < -0.3 is 19.3 Å². The smallest absolute Gasteiger partial charge is 0.0718 e. The van der Waals surface area contributed by atoms with Gasteiger partial charge >= 0.3 is 0 Å². The number of fused-ring (bicyclic) bond motifs is 1. The van der Waals surface area contributed by atoms with E-state index in [-0.39, 0.29) is 0 Å². The molecule has 2 aromatic rings. The number of anilines is 2. The van der Waals surface area contributed by atoms with Crippen LogP contribution in [0.5, 0.6) is 0 Å². The summed E-state index contributed by atoms with van der Waals surface area (Å²) in [5, 5.41) is 0. The second-order valence-electron chi connectivity index (χ2n) is 11.6. The topological polar surface area (TPSA) is 28.2 Å². The summed E-state index contributed by atoms with van der Waals surface area (Å²) in [6.45, 7) is 8.10. The maximum atomic E-state index is 6.59. The van der Waals surface area contributed by atoms with E-state index in [1.54, 1.807) is 0 Å². The highest BCUT2D eigenvalue weighted by Gasteiger charge is 2.36. The Bertz CT molecular complexity index is 961. The van der Waals surface area contributed by atoms with Crippen molar-refractivity contribution in [3.05, 3.63) is 60.2 Å². The number of para-hydroxylation sites is 2. The van der Waals surface area contributed by atoms with Crippen LogP contribution in [0, 0.1) is 5.41 Å². The number of likely N-dealkylation sites (N-methyl/N-ethyl adjacent to an activating group) is 1. The molecule has 0 aromatic heterocycles. The molecule has 0 amide bonds. The zero-order valence-electron chi connectivity index (χ0n) is 22.6. The molecule has 2 heterocycles. The number of benzene rings is 2. The Labute approximate surface area is 218 Å². The second kappa shape index (κ2) is 11.5. The summed E-state index contributed by atoms with van der Waals surface area (Å²) in [7, 11) is 4.08. The summed E-state index contributed by atoms with van der Waals surface area (Å²) in [4.78, 5) is 7.69. The minimum Gasteiger partial charge on any atom is -0.380 e. The summed E-state index contributed by atoms with van der Waals surface area (Å²) in [5.74, 6) is 0. The minimum atomic E-state index is 0.310. The third-order valence-electron chi connectivity index (χ3n) is 8.86. The van der Waals surface area contributed by atoms with Gasteiger partial charge in [-0.15, -0.1) is 0 Å². The third-order valence-corrected chi connectivity index (χ3v) is 8.86. The van der Waals surface area contributed by atoms with Crippen LogP contribution >= 0.6 is 0 Å². The molecule has 0 bridgehead atoms. The average molecular weight is 492 g/mol. The Morgan fingerprint density at radius 2 is 1.67 bits per heavy atom. The minimum absolute atomic E-state index is 0.310. The Morgan fingerprint density at radius 1 is 0.944 bits per heavy atom. The molecule has 2 aliphatic heterocycles. The maximum Gasteiger partial charge on any atom is 0.0718 e. The van der Waals surface area contributed by atoms with Gasteiger partial charge in [-0.3, -0.25) is 4.90 Å². The average Bonchev–Trinajstić information content (AvgIpc) is 3.39. The van der Waals surface area contributed by atoms with Crippen LogP contribution in [0.1, 0.15) is 57.1 Å². The number of rotatable bonds is 9. The van der Waals surface area contributed by atoms with Crippen LogP contribution in [0.3, 0.4) is 0 Å². The summed E-state index contributed by atoms with van der Waals surface area (Å²) >= 11 is 0. The zero-order valence-corrected chi connectivity index (χ0v) is 22.6. The van der Waals surface area contributed by atoms with Crippen LogP contribution in [0.2, 0.25) is 0 Å². The molecule has 5 rings (SSSR count). The van der Waals surface area contributed by atoms with E-state index in [1.807, 2.05) is 7.11 Å². The molecule has 36 heavy (non-hydrogen) atoms. The van der Waals surface area contributed by atoms with Gasteiger partial charge in [0.15, 0.2) is 0 Å². The lowest BCUT2D eigenvalue weighted by Gasteiger charge is -2.46. The molecule has 2 aromatic carbocycles. The number of likely N-dealkylation sites (tertiary alicyclic amines) is 1. The molecule has 0 N–H and O–H groups in total. The van der Waals surface area contributed by atoms with Gasteiger partial charge in [0, 0.05) is 40.3 Å². The normalized spacial score (nSPS) is 25.1. The molecule has 1 saturated carbocycles. The molecule has 5 heteroatoms. The van der Waals surface area contributed by atoms with Crippen LogP contribution < -0.4 is 9.80 Å². The highest BCUT2D eigenvalue weighted by Crippen LogP contribution is 2.41. The molecule has 0 spiro atoms. The predicted octanol–water partition coefficient (Wildman–Crippen LogP) is 5.76. The fourth-order valence-electron chi connectivity index (χ4n) is 6.61. The fourth-order valence-corrected chi connectivity index (χ4v) is 6.61. The monoisotopic (exact) mass is 491 g/mol. The molecule has 1 saturated heterocycles. The van der Waals surface area contributed by atoms with Gasteiger partial charge in [0.2, 0.25) is 0 Å². The standard InChI is InChI=1S/C31H45N3O2/c1-31(17-10-5-11-18-31)24-36-23-26(33-19-16-27(21-33)35-3)20-34-29-15-9-8-14-28(29)32(2)22-30(34)25-12-6-4-7-13-25/h4,6-9,12-15,26-27,30H,5,10-11,16-24H2,1-3H3. The van der Waals surface area contributed by atoms with Crippen molar-refractivity contribution in [3.8, 4) is 0 Å². The van der Waals surface area contributed by atoms with Gasteiger partial charge in [-0.2, -0.15) is 0 Å². The van der Waals surface area contributed by atoms with Crippen LogP contribution in [0.4, 0.5) is 11.4 Å². The van der Waals surface area contributed by atoms with Crippen molar-refractivity contribution in [2.75, 3.05) is 63.4 Å². The van der Waals surface area contributed by atoms with Gasteiger partial charge in [0.1, 0.15) is 0 Å². The van der Waals surface area contributed by atoms with Gasteiger partial charge in [-0.1, -0.05) is 68.7 Å². The van der Waals surface area contributed by atoms with Crippen molar-refractivity contribution < 1.29 is 9.47 Å². The van der Waals surface area contributed by atoms with Gasteiger partial charge in [-0.25, -0.2) is 0 Å². The van der Waals surface area contributed by atoms with Crippen LogP contribution in [-0.4, -0.2) is 70.6 Å². The van der Waals surface area contributed by atoms with E-state index >= 15 is 0 Å². The van der Waals surface area contributed by atoms with Crippen LogP contribution in [-0.2, 0) is 9.47 Å². The summed E-state index contributed by atoms with van der Waals surface area (Å²) in [6, 6.07) is 20.6. The summed E-state index contributed by atoms with van der Waals surface area (Å²) in [6.07, 6.45) is 8.11. The van der Waals surface area contributed by atoms with Crippen molar-refractivity contribution in [3.63, 3.8) is 0 Å². The highest BCUT2D eigenvalue weighted by molar-refractivity contribution is 5.74. The lowest BCUT2D eigenvalue weighted by atomic mass is 9.76. The van der Waals surface area contributed by atoms with Gasteiger partial charge in [-0.05, 0) is 42.4 Å². The Morgan fingerprint density at radius 3 is 2.39 bits per heavy atom. The first-order valence-corrected chi connectivity index (χ1v) is 14.0. The fraction of sp³-hybridized carbons (Fsp3) is 0.613. The molecule has 0 radical (unpaired) electrons. The van der Waals surface area contributed by atoms with E-state index in [2.05, 4.69) is 83.3 Å². The molecule has 5 nitrogen and oxygen atoms in total. The van der Waals surface area contributed by atoms with Crippen molar-refractivity contribution in [2.24, 2.45) is 5.41 Å². The quantitative estimate of drug-likeness (QED) is 0.445. The largest absolute Gasteiger partial charge is 0.380 e. The van der Waals surface area contributed by atoms with E-state index in [4.69, 9.17) is 9.47 Å². The SMILES string of the molecule is COC1CCN(C(COCC2(C)CCCCC2)CN2c3ccccc3N(C)CC2c2ccccc2)C1. The van der Waals surface area contributed by atoms with E-state index in [9.17, 15) is 0 Å². The first-order valence-electron chi connectivity index (χ1n) is 14.0. The second-order valence-corrected chi connectivity index (χ2v) is 11.6. The number of hydrogen-bond acceptors (Lipinski definition) is 5. The van der Waals surface area contributed by atoms with Crippen LogP contribution in [0.15, 0.2) is 54.6 Å². The van der Waals surface area contributed by atoms with Gasteiger partial charge in [0.25, 0.3) is 0 Å². The molecular weight excluding hydrogens is 446 g/mol. The number of methoxy groups -OCH3 is 1. The third kappa shape index (κ3) is 5.74. The van der Waals surface area contributed by atoms with E-state index in [0.29, 0.717) is 23.6 Å². The maximum absolute atomic E-state index is 6.59. The van der Waals surface area contributed by atoms with Crippen molar-refractivity contribution >= 4 is 11.4 Å². The summed E-state index contributed by atoms with van der Waals surface area (Å²) < 4.78 is 12.3. The van der Waals surface area contributed by atoms with Crippen molar-refractivity contribution in [2.45, 2.75) is 63.6 Å².